The van der Waals surface area contributed by atoms with Gasteiger partial charge in [-0.25, -0.2) is 9.78 Å². The number of fused-ring (bicyclic) bond motifs is 1. The van der Waals surface area contributed by atoms with Gasteiger partial charge in [0.25, 0.3) is 5.91 Å². The number of likely N-dealkylation sites (tertiary alicyclic amines) is 1. The largest absolute Gasteiger partial charge is 0.322 e. The number of hydrogen-bond donors (Lipinski definition) is 2. The van der Waals surface area contributed by atoms with E-state index in [0.29, 0.717) is 34.5 Å². The summed E-state index contributed by atoms with van der Waals surface area (Å²) in [7, 11) is 4.19. The maximum Gasteiger partial charge on any atom is 0.322 e. The number of likely N-dealkylation sites (N-methyl/N-ethyl adjacent to an activating group) is 1. The molecular weight excluding hydrogens is 484 g/mol. The number of carbonyl (C=O) groups excluding carboxylic acids is 2. The summed E-state index contributed by atoms with van der Waals surface area (Å²) in [5, 5.41) is 15.7. The first-order chi connectivity index (χ1) is 17.9. The SMILES string of the molecule is CN(C)[C@H]1CCc2sc(NC(=O)c3cccc([C@H]4CCCN4C(=O)Nc4cccc(C#N)c4)c3)nc2C1. The molecule has 8 nitrogen and oxygen atoms in total. The van der Waals surface area contributed by atoms with Crippen molar-refractivity contribution in [2.45, 2.75) is 44.2 Å². The normalized spacial score (nSPS) is 18.8. The molecule has 3 amide bonds. The van der Waals surface area contributed by atoms with Crippen LogP contribution in [-0.2, 0) is 12.8 Å². The summed E-state index contributed by atoms with van der Waals surface area (Å²) in [5.41, 5.74) is 3.65. The molecule has 1 saturated heterocycles. The first-order valence-electron chi connectivity index (χ1n) is 12.6. The minimum absolute atomic E-state index is 0.123. The Morgan fingerprint density at radius 3 is 2.78 bits per heavy atom. The first kappa shape index (κ1) is 24.9. The van der Waals surface area contributed by atoms with Crippen molar-refractivity contribution in [1.29, 1.82) is 5.26 Å². The number of nitriles is 1. The Hall–Kier alpha value is -3.74. The van der Waals surface area contributed by atoms with Gasteiger partial charge in [0.2, 0.25) is 0 Å². The third kappa shape index (κ3) is 5.50. The van der Waals surface area contributed by atoms with Gasteiger partial charge in [-0.05, 0) is 75.7 Å². The Bertz CT molecular complexity index is 1360. The zero-order valence-corrected chi connectivity index (χ0v) is 21.8. The van der Waals surface area contributed by atoms with Crippen molar-refractivity contribution in [3.63, 3.8) is 0 Å². The highest BCUT2D eigenvalue weighted by Crippen LogP contribution is 2.34. The van der Waals surface area contributed by atoms with Crippen molar-refractivity contribution in [3.05, 3.63) is 75.8 Å². The number of nitrogens with zero attached hydrogens (tertiary/aromatic N) is 4. The Labute approximate surface area is 220 Å². The minimum Gasteiger partial charge on any atom is -0.317 e. The fourth-order valence-electron chi connectivity index (χ4n) is 5.13. The van der Waals surface area contributed by atoms with Gasteiger partial charge in [-0.1, -0.05) is 18.2 Å². The van der Waals surface area contributed by atoms with Crippen LogP contribution in [0.3, 0.4) is 0 Å². The van der Waals surface area contributed by atoms with Crippen LogP contribution in [0.15, 0.2) is 48.5 Å². The minimum atomic E-state index is -0.211. The molecule has 1 aliphatic heterocycles. The van der Waals surface area contributed by atoms with Gasteiger partial charge >= 0.3 is 6.03 Å². The summed E-state index contributed by atoms with van der Waals surface area (Å²) in [6, 6.07) is 16.6. The molecule has 1 aliphatic carbocycles. The highest BCUT2D eigenvalue weighted by Gasteiger charge is 2.31. The van der Waals surface area contributed by atoms with E-state index in [1.54, 1.807) is 46.6 Å². The van der Waals surface area contributed by atoms with Crippen LogP contribution < -0.4 is 10.6 Å². The van der Waals surface area contributed by atoms with E-state index in [9.17, 15) is 9.59 Å². The average molecular weight is 515 g/mol. The first-order valence-corrected chi connectivity index (χ1v) is 13.4. The number of rotatable bonds is 5. The molecule has 2 N–H and O–H groups in total. The predicted molar refractivity (Wildman–Crippen MR) is 145 cm³/mol. The van der Waals surface area contributed by atoms with Crippen molar-refractivity contribution in [2.24, 2.45) is 0 Å². The number of hydrogen-bond acceptors (Lipinski definition) is 6. The number of carbonyl (C=O) groups is 2. The van der Waals surface area contributed by atoms with Gasteiger partial charge in [-0.3, -0.25) is 10.1 Å². The summed E-state index contributed by atoms with van der Waals surface area (Å²) in [6.07, 6.45) is 4.70. The number of aryl methyl sites for hydroxylation is 1. The zero-order valence-electron chi connectivity index (χ0n) is 21.0. The van der Waals surface area contributed by atoms with Crippen LogP contribution in [0.2, 0.25) is 0 Å². The quantitative estimate of drug-likeness (QED) is 0.496. The van der Waals surface area contributed by atoms with Gasteiger partial charge in [-0.15, -0.1) is 11.3 Å². The molecule has 2 aliphatic rings. The summed E-state index contributed by atoms with van der Waals surface area (Å²) in [6.45, 7) is 0.628. The molecule has 5 rings (SSSR count). The van der Waals surface area contributed by atoms with Gasteiger partial charge in [0.15, 0.2) is 5.13 Å². The molecule has 1 fully saturated rings. The van der Waals surface area contributed by atoms with E-state index in [1.807, 2.05) is 18.2 Å². The van der Waals surface area contributed by atoms with Crippen LogP contribution in [-0.4, -0.2) is 53.4 Å². The average Bonchev–Trinajstić information content (AvgIpc) is 3.55. The highest BCUT2D eigenvalue weighted by atomic mass is 32.1. The van der Waals surface area contributed by atoms with Crippen LogP contribution in [0.4, 0.5) is 15.6 Å². The fraction of sp³-hybridized carbons (Fsp3) is 0.357. The lowest BCUT2D eigenvalue weighted by Gasteiger charge is -2.27. The van der Waals surface area contributed by atoms with Crippen LogP contribution in [0.25, 0.3) is 0 Å². The second-order valence-corrected chi connectivity index (χ2v) is 10.9. The molecule has 0 spiro atoms. The smallest absolute Gasteiger partial charge is 0.317 e. The Morgan fingerprint density at radius 2 is 1.97 bits per heavy atom. The van der Waals surface area contributed by atoms with Crippen molar-refractivity contribution in [1.82, 2.24) is 14.8 Å². The third-order valence-electron chi connectivity index (χ3n) is 7.15. The zero-order chi connectivity index (χ0) is 25.9. The molecule has 2 atom stereocenters. The number of aromatic nitrogens is 1. The highest BCUT2D eigenvalue weighted by molar-refractivity contribution is 7.15. The number of benzene rings is 2. The standard InChI is InChI=1S/C28H30N6O2S/c1-33(2)22-11-12-25-23(16-22)31-27(37-25)32-26(35)20-8-4-7-19(15-20)24-10-5-13-34(24)28(36)30-21-9-3-6-18(14-21)17-29/h3-4,6-9,14-15,22,24H,5,10-13,16H2,1-2H3,(H,30,36)(H,31,32,35)/t22-,24+/m0/s1. The van der Waals surface area contributed by atoms with Gasteiger partial charge in [-0.2, -0.15) is 5.26 Å². The number of urea groups is 1. The van der Waals surface area contributed by atoms with E-state index in [4.69, 9.17) is 10.2 Å². The van der Waals surface area contributed by atoms with Crippen molar-refractivity contribution in [3.8, 4) is 6.07 Å². The predicted octanol–water partition coefficient (Wildman–Crippen LogP) is 5.05. The molecule has 0 bridgehead atoms. The summed E-state index contributed by atoms with van der Waals surface area (Å²) >= 11 is 1.57. The second-order valence-electron chi connectivity index (χ2n) is 9.80. The Balaban J connectivity index is 1.27. The van der Waals surface area contributed by atoms with E-state index in [0.717, 1.165) is 43.4 Å². The van der Waals surface area contributed by atoms with Crippen LogP contribution in [0.1, 0.15) is 57.4 Å². The van der Waals surface area contributed by atoms with E-state index in [2.05, 4.69) is 35.7 Å². The molecule has 9 heteroatoms. The molecule has 190 valence electrons. The Kier molecular flexibility index (Phi) is 7.22. The monoisotopic (exact) mass is 514 g/mol. The molecule has 2 aromatic carbocycles. The molecule has 2 heterocycles. The lowest BCUT2D eigenvalue weighted by Crippen LogP contribution is -2.34. The number of nitrogens with one attached hydrogen (secondary N) is 2. The number of amides is 3. The third-order valence-corrected chi connectivity index (χ3v) is 8.23. The molecule has 37 heavy (non-hydrogen) atoms. The maximum absolute atomic E-state index is 13.1. The summed E-state index contributed by atoms with van der Waals surface area (Å²) < 4.78 is 0. The number of thiazole rings is 1. The van der Waals surface area contributed by atoms with Crippen molar-refractivity contribution < 1.29 is 9.59 Å². The van der Waals surface area contributed by atoms with Crippen molar-refractivity contribution in [2.75, 3.05) is 31.3 Å². The van der Waals surface area contributed by atoms with Crippen LogP contribution in [0, 0.1) is 11.3 Å². The van der Waals surface area contributed by atoms with Gasteiger partial charge in [0.05, 0.1) is 23.4 Å². The molecular formula is C28H30N6O2S. The molecule has 1 aromatic heterocycles. The molecule has 0 unspecified atom stereocenters. The number of anilines is 2. The summed E-state index contributed by atoms with van der Waals surface area (Å²) in [5.74, 6) is -0.195. The van der Waals surface area contributed by atoms with E-state index in [-0.39, 0.29) is 18.0 Å². The van der Waals surface area contributed by atoms with Crippen LogP contribution >= 0.6 is 11.3 Å². The topological polar surface area (TPSA) is 101 Å². The van der Waals surface area contributed by atoms with Gasteiger partial charge < -0.3 is 15.1 Å². The van der Waals surface area contributed by atoms with E-state index in [1.165, 1.54) is 4.88 Å². The summed E-state index contributed by atoms with van der Waals surface area (Å²) in [4.78, 5) is 36.2. The second kappa shape index (κ2) is 10.7. The maximum atomic E-state index is 13.1. The van der Waals surface area contributed by atoms with E-state index < -0.39 is 0 Å². The lowest BCUT2D eigenvalue weighted by molar-refractivity contribution is 0.102. The molecule has 0 saturated carbocycles. The fourth-order valence-corrected chi connectivity index (χ4v) is 6.13. The van der Waals surface area contributed by atoms with Gasteiger partial charge in [0.1, 0.15) is 0 Å². The lowest BCUT2D eigenvalue weighted by atomic mass is 9.97. The van der Waals surface area contributed by atoms with Crippen LogP contribution in [0.5, 0.6) is 0 Å². The van der Waals surface area contributed by atoms with Crippen molar-refractivity contribution >= 4 is 34.1 Å². The molecule has 0 radical (unpaired) electrons. The Morgan fingerprint density at radius 1 is 1.14 bits per heavy atom. The van der Waals surface area contributed by atoms with E-state index >= 15 is 0 Å². The van der Waals surface area contributed by atoms with Gasteiger partial charge in [0, 0.05) is 35.1 Å². The molecule has 3 aromatic rings.